The molecule has 5 nitrogen and oxygen atoms in total. The molecule has 4 rings (SSSR count). The van der Waals surface area contributed by atoms with Crippen LogP contribution < -0.4 is 10.2 Å². The van der Waals surface area contributed by atoms with E-state index in [2.05, 4.69) is 23.3 Å². The smallest absolute Gasteiger partial charge is 0.295 e. The number of rotatable bonds is 3. The molecule has 0 saturated heterocycles. The molecular formula is C19H23N3O2. The predicted octanol–water partition coefficient (Wildman–Crippen LogP) is 3.92. The number of aromatic nitrogens is 1. The molecule has 1 N–H and O–H groups in total. The first-order chi connectivity index (χ1) is 11.6. The Balaban J connectivity index is 1.77. The van der Waals surface area contributed by atoms with Crippen molar-refractivity contribution < 1.29 is 9.21 Å². The fourth-order valence-electron chi connectivity index (χ4n) is 4.07. The number of benzene rings is 1. The van der Waals surface area contributed by atoms with Crippen molar-refractivity contribution in [3.8, 4) is 0 Å². The lowest BCUT2D eigenvalue weighted by Gasteiger charge is -2.45. The van der Waals surface area contributed by atoms with Gasteiger partial charge in [0.15, 0.2) is 0 Å². The first-order valence-corrected chi connectivity index (χ1v) is 8.63. The molecule has 5 heteroatoms. The van der Waals surface area contributed by atoms with Crippen LogP contribution in [0.5, 0.6) is 0 Å². The molecule has 1 aromatic carbocycles. The SMILES string of the molecule is CC(=O)N1c2ccccc2C(Nc2nc(C)co2)[C@@H](C)[C@@H]1C1CC1. The van der Waals surface area contributed by atoms with Gasteiger partial charge in [-0.25, -0.2) is 0 Å². The summed E-state index contributed by atoms with van der Waals surface area (Å²) < 4.78 is 5.51. The zero-order valence-electron chi connectivity index (χ0n) is 14.3. The number of anilines is 2. The van der Waals surface area contributed by atoms with Gasteiger partial charge in [-0.1, -0.05) is 25.1 Å². The number of nitrogens with one attached hydrogen (secondary N) is 1. The van der Waals surface area contributed by atoms with E-state index < -0.39 is 0 Å². The third kappa shape index (κ3) is 2.48. The first kappa shape index (κ1) is 15.2. The van der Waals surface area contributed by atoms with Gasteiger partial charge in [-0.3, -0.25) is 4.79 Å². The van der Waals surface area contributed by atoms with E-state index in [1.165, 1.54) is 12.8 Å². The van der Waals surface area contributed by atoms with Crippen LogP contribution in [0.1, 0.15) is 44.0 Å². The summed E-state index contributed by atoms with van der Waals surface area (Å²) in [4.78, 5) is 18.8. The zero-order chi connectivity index (χ0) is 16.8. The van der Waals surface area contributed by atoms with E-state index in [0.717, 1.165) is 16.9 Å². The second-order valence-electron chi connectivity index (χ2n) is 7.05. The molecule has 24 heavy (non-hydrogen) atoms. The number of carbonyl (C=O) groups is 1. The van der Waals surface area contributed by atoms with Gasteiger partial charge in [-0.2, -0.15) is 4.98 Å². The molecule has 1 unspecified atom stereocenters. The van der Waals surface area contributed by atoms with Gasteiger partial charge in [0.25, 0.3) is 6.01 Å². The fourth-order valence-corrected chi connectivity index (χ4v) is 4.07. The number of para-hydroxylation sites is 1. The molecule has 1 fully saturated rings. The maximum Gasteiger partial charge on any atom is 0.295 e. The largest absolute Gasteiger partial charge is 0.432 e. The van der Waals surface area contributed by atoms with Crippen molar-refractivity contribution in [2.24, 2.45) is 11.8 Å². The van der Waals surface area contributed by atoms with Gasteiger partial charge in [0.2, 0.25) is 5.91 Å². The lowest BCUT2D eigenvalue weighted by molar-refractivity contribution is -0.117. The number of oxazole rings is 1. The summed E-state index contributed by atoms with van der Waals surface area (Å²) >= 11 is 0. The summed E-state index contributed by atoms with van der Waals surface area (Å²) in [6.07, 6.45) is 4.06. The number of hydrogen-bond acceptors (Lipinski definition) is 4. The van der Waals surface area contributed by atoms with Crippen molar-refractivity contribution in [1.29, 1.82) is 0 Å². The van der Waals surface area contributed by atoms with Crippen molar-refractivity contribution in [1.82, 2.24) is 4.98 Å². The molecule has 1 saturated carbocycles. The van der Waals surface area contributed by atoms with Crippen LogP contribution in [0.4, 0.5) is 11.7 Å². The van der Waals surface area contributed by atoms with Crippen molar-refractivity contribution in [3.63, 3.8) is 0 Å². The van der Waals surface area contributed by atoms with E-state index in [1.54, 1.807) is 13.2 Å². The standard InChI is InChI=1S/C19H23N3O2/c1-11-10-24-19(20-11)21-17-12(2)18(14-8-9-14)22(13(3)23)16-7-5-4-6-15(16)17/h4-7,10,12,14,17-18H,8-9H2,1-3H3,(H,20,21)/t12-,17?,18-/m1/s1. The van der Waals surface area contributed by atoms with Crippen LogP contribution in [-0.4, -0.2) is 16.9 Å². The third-order valence-electron chi connectivity index (χ3n) is 5.24. The molecule has 2 aromatic rings. The summed E-state index contributed by atoms with van der Waals surface area (Å²) in [7, 11) is 0. The summed E-state index contributed by atoms with van der Waals surface area (Å²) in [6, 6.07) is 9.03. The fraction of sp³-hybridized carbons (Fsp3) is 0.474. The van der Waals surface area contributed by atoms with Crippen LogP contribution in [0.25, 0.3) is 0 Å². The van der Waals surface area contributed by atoms with E-state index in [1.807, 2.05) is 30.0 Å². The Morgan fingerprint density at radius 3 is 2.71 bits per heavy atom. The van der Waals surface area contributed by atoms with Gasteiger partial charge in [0.1, 0.15) is 6.26 Å². The number of fused-ring (bicyclic) bond motifs is 1. The Hall–Kier alpha value is -2.30. The predicted molar refractivity (Wildman–Crippen MR) is 92.9 cm³/mol. The van der Waals surface area contributed by atoms with Crippen LogP contribution in [0, 0.1) is 18.8 Å². The lowest BCUT2D eigenvalue weighted by Crippen LogP contribution is -2.51. The molecule has 1 aliphatic heterocycles. The van der Waals surface area contributed by atoms with Crippen molar-refractivity contribution >= 4 is 17.6 Å². The van der Waals surface area contributed by atoms with Gasteiger partial charge in [-0.05, 0) is 37.3 Å². The molecule has 1 amide bonds. The summed E-state index contributed by atoms with van der Waals surface area (Å²) in [6.45, 7) is 5.81. The van der Waals surface area contributed by atoms with E-state index >= 15 is 0 Å². The van der Waals surface area contributed by atoms with Crippen LogP contribution in [0.15, 0.2) is 34.9 Å². The quantitative estimate of drug-likeness (QED) is 0.929. The summed E-state index contributed by atoms with van der Waals surface area (Å²) in [5.41, 5.74) is 3.01. The number of hydrogen-bond donors (Lipinski definition) is 1. The average molecular weight is 325 g/mol. The average Bonchev–Trinajstić information content (AvgIpc) is 3.31. The lowest BCUT2D eigenvalue weighted by atomic mass is 9.80. The number of amides is 1. The molecule has 0 spiro atoms. The van der Waals surface area contributed by atoms with Gasteiger partial charge >= 0.3 is 0 Å². The second kappa shape index (κ2) is 5.65. The Morgan fingerprint density at radius 2 is 2.08 bits per heavy atom. The van der Waals surface area contributed by atoms with Gasteiger partial charge in [0.05, 0.1) is 11.7 Å². The minimum absolute atomic E-state index is 0.0837. The van der Waals surface area contributed by atoms with Crippen molar-refractivity contribution in [2.45, 2.75) is 45.7 Å². The molecule has 126 valence electrons. The third-order valence-corrected chi connectivity index (χ3v) is 5.24. The number of aryl methyl sites for hydroxylation is 1. The molecule has 2 aliphatic rings. The van der Waals surface area contributed by atoms with E-state index in [9.17, 15) is 4.79 Å². The van der Waals surface area contributed by atoms with Crippen molar-refractivity contribution in [3.05, 3.63) is 41.8 Å². The summed E-state index contributed by atoms with van der Waals surface area (Å²) in [5, 5.41) is 3.46. The topological polar surface area (TPSA) is 58.4 Å². The maximum atomic E-state index is 12.4. The Labute approximate surface area is 142 Å². The Morgan fingerprint density at radius 1 is 1.33 bits per heavy atom. The Bertz CT molecular complexity index is 765. The highest BCUT2D eigenvalue weighted by atomic mass is 16.4. The highest BCUT2D eigenvalue weighted by Gasteiger charge is 2.47. The Kier molecular flexibility index (Phi) is 3.59. The molecule has 2 heterocycles. The first-order valence-electron chi connectivity index (χ1n) is 8.63. The van der Waals surface area contributed by atoms with Crippen LogP contribution in [-0.2, 0) is 4.79 Å². The van der Waals surface area contributed by atoms with Gasteiger partial charge < -0.3 is 14.6 Å². The zero-order valence-corrected chi connectivity index (χ0v) is 14.3. The van der Waals surface area contributed by atoms with E-state index in [0.29, 0.717) is 11.9 Å². The number of carbonyl (C=O) groups excluding carboxylic acids is 1. The minimum atomic E-state index is 0.0837. The van der Waals surface area contributed by atoms with Crippen LogP contribution in [0.3, 0.4) is 0 Å². The van der Waals surface area contributed by atoms with Gasteiger partial charge in [-0.15, -0.1) is 0 Å². The number of nitrogens with zero attached hydrogens (tertiary/aromatic N) is 2. The highest BCUT2D eigenvalue weighted by Crippen LogP contribution is 2.49. The van der Waals surface area contributed by atoms with E-state index in [-0.39, 0.29) is 23.9 Å². The maximum absolute atomic E-state index is 12.4. The van der Waals surface area contributed by atoms with Gasteiger partial charge in [0, 0.05) is 24.6 Å². The normalized spacial score (nSPS) is 26.1. The molecule has 3 atom stereocenters. The van der Waals surface area contributed by atoms with Crippen molar-refractivity contribution in [2.75, 3.05) is 10.2 Å². The monoisotopic (exact) mass is 325 g/mol. The highest BCUT2D eigenvalue weighted by molar-refractivity contribution is 5.94. The van der Waals surface area contributed by atoms with Crippen LogP contribution >= 0.6 is 0 Å². The molecular weight excluding hydrogens is 302 g/mol. The second-order valence-corrected chi connectivity index (χ2v) is 7.05. The molecule has 1 aliphatic carbocycles. The summed E-state index contributed by atoms with van der Waals surface area (Å²) in [5.74, 6) is 0.993. The molecule has 0 bridgehead atoms. The van der Waals surface area contributed by atoms with E-state index in [4.69, 9.17) is 4.42 Å². The van der Waals surface area contributed by atoms with Crippen LogP contribution in [0.2, 0.25) is 0 Å². The minimum Gasteiger partial charge on any atom is -0.432 e. The molecule has 0 radical (unpaired) electrons. The molecule has 1 aromatic heterocycles.